The molecule has 15 heteroatoms. The second kappa shape index (κ2) is 48.5. The molecule has 4 unspecified atom stereocenters. The van der Waals surface area contributed by atoms with Crippen molar-refractivity contribution in [3.05, 3.63) is 119 Å². The summed E-state index contributed by atoms with van der Waals surface area (Å²) in [7, 11) is 0. The SMILES string of the molecule is CC.CC.CC.CC.CC.NCCNC(CNCCNC(CNCCNC(CNCCNC(CNCCC(N)=O)Cc1ccc(O)cc1)Cc1ccc(O)cc1)Cc1ccc(O)cc1)Cc1ccc(O)cc1. The summed E-state index contributed by atoms with van der Waals surface area (Å²) < 4.78 is 0. The van der Waals surface area contributed by atoms with Gasteiger partial charge < -0.3 is 74.4 Å². The summed E-state index contributed by atoms with van der Waals surface area (Å²) in [6.07, 6.45) is 3.48. The van der Waals surface area contributed by atoms with Crippen LogP contribution >= 0.6 is 0 Å². The van der Waals surface area contributed by atoms with Gasteiger partial charge in [-0.05, 0) is 96.5 Å². The average Bonchev–Trinajstić information content (AvgIpc) is 3.41. The van der Waals surface area contributed by atoms with E-state index >= 15 is 0 Å². The number of carbonyl (C=O) groups is 1. The van der Waals surface area contributed by atoms with Crippen molar-refractivity contribution in [2.24, 2.45) is 11.5 Å². The number of benzene rings is 4. The highest BCUT2D eigenvalue weighted by Crippen LogP contribution is 2.14. The van der Waals surface area contributed by atoms with Crippen LogP contribution < -0.4 is 54.0 Å². The Morgan fingerprint density at radius 1 is 0.375 bits per heavy atom. The first-order valence-electron chi connectivity index (χ1n) is 27.0. The van der Waals surface area contributed by atoms with Gasteiger partial charge in [-0.1, -0.05) is 118 Å². The fourth-order valence-electron chi connectivity index (χ4n) is 7.23. The molecule has 0 bridgehead atoms. The second-order valence-corrected chi connectivity index (χ2v) is 15.9. The van der Waals surface area contributed by atoms with E-state index in [0.29, 0.717) is 19.6 Å². The predicted molar refractivity (Wildman–Crippen MR) is 305 cm³/mol. The molecule has 0 aromatic heterocycles. The molecule has 0 saturated carbocycles. The number of amides is 1. The molecular weight excluding hydrogens is 905 g/mol. The highest BCUT2D eigenvalue weighted by Gasteiger charge is 2.14. The fraction of sp³-hybridized carbons (Fsp3) is 0.561. The van der Waals surface area contributed by atoms with Crippen LogP contribution in [0.1, 0.15) is 97.9 Å². The standard InChI is InChI=1S/C47H72N10O5.5C2H6/c48-18-20-54-39(27-35-1-9-43(58)10-2-35)32-51-21-25-56-41(29-37-5-13-45(60)14-6-37)34-53-23-26-57-42(30-38-7-15-46(61)16-8-38)33-52-22-24-55-40(31-50-19-17-47(49)62)28-36-3-11-44(59)12-4-36;5*1-2/h1-16,39-42,50-61H,17-34,48H2,(H2,49,62);5*1-2H3. The molecule has 0 aliphatic heterocycles. The number of hydrogen-bond acceptors (Lipinski definition) is 14. The monoisotopic (exact) mass is 1010 g/mol. The third-order valence-corrected chi connectivity index (χ3v) is 10.6. The maximum Gasteiger partial charge on any atom is 0.218 e. The zero-order valence-corrected chi connectivity index (χ0v) is 46.1. The summed E-state index contributed by atoms with van der Waals surface area (Å²) in [5, 5.41) is 67.9. The summed E-state index contributed by atoms with van der Waals surface area (Å²) >= 11 is 0. The average molecular weight is 1010 g/mol. The van der Waals surface area contributed by atoms with Crippen molar-refractivity contribution in [2.45, 2.75) is 126 Å². The van der Waals surface area contributed by atoms with Crippen LogP contribution in [0, 0.1) is 0 Å². The van der Waals surface area contributed by atoms with Crippen molar-refractivity contribution in [1.82, 2.24) is 42.5 Å². The van der Waals surface area contributed by atoms with E-state index in [1.165, 1.54) is 0 Å². The normalized spacial score (nSPS) is 12.0. The lowest BCUT2D eigenvalue weighted by Crippen LogP contribution is -2.48. The van der Waals surface area contributed by atoms with E-state index in [1.807, 2.05) is 118 Å². The lowest BCUT2D eigenvalue weighted by Gasteiger charge is -2.23. The number of aromatic hydroxyl groups is 4. The van der Waals surface area contributed by atoms with Gasteiger partial charge in [-0.3, -0.25) is 4.79 Å². The summed E-state index contributed by atoms with van der Waals surface area (Å²) in [4.78, 5) is 11.2. The maximum atomic E-state index is 11.2. The highest BCUT2D eigenvalue weighted by atomic mass is 16.3. The summed E-state index contributed by atoms with van der Waals surface area (Å²) in [6, 6.07) is 30.0. The molecule has 0 aliphatic carbocycles. The number of nitrogens with two attached hydrogens (primary N) is 2. The zero-order chi connectivity index (χ0) is 54.2. The largest absolute Gasteiger partial charge is 0.508 e. The molecule has 0 heterocycles. The number of phenols is 4. The molecule has 4 aromatic carbocycles. The van der Waals surface area contributed by atoms with E-state index in [-0.39, 0.29) is 59.5 Å². The number of rotatable bonds is 34. The summed E-state index contributed by atoms with van der Waals surface area (Å²) in [5.74, 6) is 0.674. The van der Waals surface area contributed by atoms with Gasteiger partial charge in [-0.2, -0.15) is 0 Å². The van der Waals surface area contributed by atoms with Gasteiger partial charge in [0.25, 0.3) is 0 Å². The van der Waals surface area contributed by atoms with Crippen LogP contribution in [0.25, 0.3) is 0 Å². The van der Waals surface area contributed by atoms with Gasteiger partial charge >= 0.3 is 0 Å². The van der Waals surface area contributed by atoms with Gasteiger partial charge in [0.1, 0.15) is 23.0 Å². The lowest BCUT2D eigenvalue weighted by atomic mass is 10.0. The predicted octanol–water partition coefficient (Wildman–Crippen LogP) is 5.94. The first kappa shape index (κ1) is 69.3. The first-order valence-corrected chi connectivity index (χ1v) is 27.0. The summed E-state index contributed by atoms with van der Waals surface area (Å²) in [5.41, 5.74) is 15.6. The Kier molecular flexibility index (Phi) is 46.6. The molecule has 0 fully saturated rings. The number of primary amides is 1. The third-order valence-electron chi connectivity index (χ3n) is 10.6. The topological polar surface area (TPSA) is 246 Å². The highest BCUT2D eigenvalue weighted by molar-refractivity contribution is 5.73. The fourth-order valence-corrected chi connectivity index (χ4v) is 7.23. The second-order valence-electron chi connectivity index (χ2n) is 15.9. The number of carbonyl (C=O) groups excluding carboxylic acids is 1. The van der Waals surface area contributed by atoms with Crippen LogP contribution in [0.15, 0.2) is 97.1 Å². The number of phenolic OH excluding ortho intramolecular Hbond substituents is 4. The van der Waals surface area contributed by atoms with Crippen molar-refractivity contribution in [3.8, 4) is 23.0 Å². The minimum Gasteiger partial charge on any atom is -0.508 e. The zero-order valence-electron chi connectivity index (χ0n) is 46.1. The smallest absolute Gasteiger partial charge is 0.218 e. The molecule has 0 radical (unpaired) electrons. The Bertz CT molecular complexity index is 1770. The molecule has 72 heavy (non-hydrogen) atoms. The molecule has 4 rings (SSSR count). The molecule has 4 aromatic rings. The van der Waals surface area contributed by atoms with Crippen molar-refractivity contribution in [2.75, 3.05) is 85.1 Å². The van der Waals surface area contributed by atoms with Crippen LogP contribution in [-0.4, -0.2) is 136 Å². The Labute approximate surface area is 436 Å². The molecule has 16 N–H and O–H groups in total. The minimum absolute atomic E-state index is 0.119. The van der Waals surface area contributed by atoms with Gasteiger partial charge in [0.05, 0.1) is 0 Å². The Hall–Kier alpha value is -4.81. The van der Waals surface area contributed by atoms with Crippen molar-refractivity contribution < 1.29 is 25.2 Å². The molecule has 4 atom stereocenters. The van der Waals surface area contributed by atoms with Crippen LogP contribution in [-0.2, 0) is 30.5 Å². The molecule has 15 nitrogen and oxygen atoms in total. The van der Waals surface area contributed by atoms with E-state index in [9.17, 15) is 25.2 Å². The Morgan fingerprint density at radius 3 is 0.819 bits per heavy atom. The number of hydrogen-bond donors (Lipinski definition) is 14. The molecule has 410 valence electrons. The molecule has 0 spiro atoms. The molecule has 0 aliphatic rings. The van der Waals surface area contributed by atoms with Crippen LogP contribution in [0.4, 0.5) is 0 Å². The Balaban J connectivity index is 0. The van der Waals surface area contributed by atoms with Gasteiger partial charge in [-0.15, -0.1) is 0 Å². The lowest BCUT2D eigenvalue weighted by molar-refractivity contribution is -0.117. The third kappa shape index (κ3) is 36.2. The van der Waals surface area contributed by atoms with Crippen molar-refractivity contribution in [3.63, 3.8) is 0 Å². The van der Waals surface area contributed by atoms with E-state index < -0.39 is 0 Å². The van der Waals surface area contributed by atoms with Crippen LogP contribution in [0.5, 0.6) is 23.0 Å². The number of nitrogens with one attached hydrogen (secondary N) is 8. The van der Waals surface area contributed by atoms with Crippen LogP contribution in [0.3, 0.4) is 0 Å². The minimum atomic E-state index is -0.330. The van der Waals surface area contributed by atoms with Gasteiger partial charge in [0.2, 0.25) is 5.91 Å². The van der Waals surface area contributed by atoms with Crippen LogP contribution in [0.2, 0.25) is 0 Å². The van der Waals surface area contributed by atoms with Crippen molar-refractivity contribution >= 4 is 5.91 Å². The van der Waals surface area contributed by atoms with E-state index in [0.717, 1.165) is 113 Å². The van der Waals surface area contributed by atoms with E-state index in [1.54, 1.807) is 48.5 Å². The molecule has 1 amide bonds. The van der Waals surface area contributed by atoms with E-state index in [4.69, 9.17) is 11.5 Å². The summed E-state index contributed by atoms with van der Waals surface area (Å²) in [6.45, 7) is 29.4. The Morgan fingerprint density at radius 2 is 0.597 bits per heavy atom. The molecule has 0 saturated heterocycles. The maximum absolute atomic E-state index is 11.2. The van der Waals surface area contributed by atoms with Crippen molar-refractivity contribution in [1.29, 1.82) is 0 Å². The van der Waals surface area contributed by atoms with Gasteiger partial charge in [-0.25, -0.2) is 0 Å². The quantitative estimate of drug-likeness (QED) is 0.0243. The van der Waals surface area contributed by atoms with Gasteiger partial charge in [0.15, 0.2) is 0 Å². The first-order chi connectivity index (χ1) is 35.1. The van der Waals surface area contributed by atoms with Gasteiger partial charge in [0, 0.05) is 116 Å². The van der Waals surface area contributed by atoms with E-state index in [2.05, 4.69) is 42.5 Å². The molecular formula is C57H102N10O5.